The van der Waals surface area contributed by atoms with E-state index in [1.807, 2.05) is 0 Å². The van der Waals surface area contributed by atoms with Gasteiger partial charge in [0.2, 0.25) is 17.7 Å². The molecule has 32 heavy (non-hydrogen) atoms. The lowest BCUT2D eigenvalue weighted by Crippen LogP contribution is -2.37. The minimum absolute atomic E-state index is 0.0774. The van der Waals surface area contributed by atoms with Crippen molar-refractivity contribution in [1.29, 1.82) is 0 Å². The lowest BCUT2D eigenvalue weighted by atomic mass is 9.70. The molecular formula is C23H19F3N4O2. The topological polar surface area (TPSA) is 83.8 Å². The molecular weight excluding hydrogens is 421 g/mol. The van der Waals surface area contributed by atoms with Gasteiger partial charge in [0, 0.05) is 24.3 Å². The summed E-state index contributed by atoms with van der Waals surface area (Å²) in [6.45, 7) is 1.81. The number of nitrogens with one attached hydrogen (secondary N) is 2. The van der Waals surface area contributed by atoms with Gasteiger partial charge in [0.05, 0.1) is 17.8 Å². The van der Waals surface area contributed by atoms with Crippen molar-refractivity contribution in [2.75, 3.05) is 0 Å². The van der Waals surface area contributed by atoms with Gasteiger partial charge in [0.15, 0.2) is 0 Å². The van der Waals surface area contributed by atoms with E-state index in [1.54, 1.807) is 19.1 Å². The minimum atomic E-state index is -0.696. The summed E-state index contributed by atoms with van der Waals surface area (Å²) >= 11 is 0. The Bertz CT molecular complexity index is 1310. The number of nitrogens with zero attached hydrogens (tertiary/aromatic N) is 2. The number of H-pyrrole nitrogens is 1. The van der Waals surface area contributed by atoms with Gasteiger partial charge in [0.1, 0.15) is 17.5 Å². The fourth-order valence-electron chi connectivity index (χ4n) is 4.29. The van der Waals surface area contributed by atoms with Crippen LogP contribution in [0, 0.1) is 30.3 Å². The Balaban J connectivity index is 1.40. The molecule has 0 radical (unpaired) electrons. The van der Waals surface area contributed by atoms with Crippen molar-refractivity contribution in [2.24, 2.45) is 5.92 Å². The zero-order valence-electron chi connectivity index (χ0n) is 17.1. The van der Waals surface area contributed by atoms with E-state index in [0.717, 1.165) is 11.6 Å². The van der Waals surface area contributed by atoms with Gasteiger partial charge >= 0.3 is 0 Å². The number of carbonyl (C=O) groups is 1. The van der Waals surface area contributed by atoms with Gasteiger partial charge in [0.25, 0.3) is 0 Å². The van der Waals surface area contributed by atoms with Crippen LogP contribution in [0.25, 0.3) is 22.2 Å². The highest BCUT2D eigenvalue weighted by Crippen LogP contribution is 2.48. The van der Waals surface area contributed by atoms with Crippen LogP contribution < -0.4 is 5.32 Å². The summed E-state index contributed by atoms with van der Waals surface area (Å²) in [5, 5.41) is 10.8. The van der Waals surface area contributed by atoms with Crippen molar-refractivity contribution in [2.45, 2.75) is 32.2 Å². The number of aromatic amines is 1. The highest BCUT2D eigenvalue weighted by molar-refractivity contribution is 5.92. The molecule has 2 aromatic carbocycles. The van der Waals surface area contributed by atoms with Crippen molar-refractivity contribution in [1.82, 2.24) is 20.5 Å². The van der Waals surface area contributed by atoms with Crippen molar-refractivity contribution >= 4 is 16.8 Å². The van der Waals surface area contributed by atoms with E-state index in [0.29, 0.717) is 41.3 Å². The molecule has 1 aliphatic carbocycles. The SMILES string of the molecule is Cc1nnc(CNC(=O)[C@H]2C[C@H](c3c(-c4ccc(F)cc4)[nH]c4c(F)cc(F)cc43)C2)o1. The predicted molar refractivity (Wildman–Crippen MR) is 110 cm³/mol. The number of aromatic nitrogens is 3. The van der Waals surface area contributed by atoms with Crippen LogP contribution in [-0.4, -0.2) is 21.1 Å². The molecule has 164 valence electrons. The third kappa shape index (κ3) is 3.63. The van der Waals surface area contributed by atoms with Crippen molar-refractivity contribution in [3.8, 4) is 11.3 Å². The van der Waals surface area contributed by atoms with E-state index in [-0.39, 0.29) is 35.6 Å². The second-order valence-corrected chi connectivity index (χ2v) is 8.03. The Morgan fingerprint density at radius 3 is 2.56 bits per heavy atom. The number of carbonyl (C=O) groups excluding carboxylic acids is 1. The normalized spacial score (nSPS) is 18.0. The van der Waals surface area contributed by atoms with Gasteiger partial charge in [-0.1, -0.05) is 0 Å². The average molecular weight is 440 g/mol. The second-order valence-electron chi connectivity index (χ2n) is 8.03. The average Bonchev–Trinajstić information content (AvgIpc) is 3.30. The second kappa shape index (κ2) is 7.81. The van der Waals surface area contributed by atoms with Crippen LogP contribution in [-0.2, 0) is 11.3 Å². The van der Waals surface area contributed by atoms with Crippen LogP contribution in [0.15, 0.2) is 40.8 Å². The Morgan fingerprint density at radius 1 is 1.12 bits per heavy atom. The summed E-state index contributed by atoms with van der Waals surface area (Å²) in [4.78, 5) is 15.6. The number of amides is 1. The molecule has 0 bridgehead atoms. The molecule has 4 aromatic rings. The molecule has 5 rings (SSSR count). The summed E-state index contributed by atoms with van der Waals surface area (Å²) in [5.74, 6) is -1.47. The van der Waals surface area contributed by atoms with Crippen LogP contribution >= 0.6 is 0 Å². The maximum Gasteiger partial charge on any atom is 0.235 e. The van der Waals surface area contributed by atoms with E-state index in [4.69, 9.17) is 4.42 Å². The molecule has 6 nitrogen and oxygen atoms in total. The first kappa shape index (κ1) is 20.3. The van der Waals surface area contributed by atoms with Crippen LogP contribution in [0.4, 0.5) is 13.2 Å². The molecule has 0 aliphatic heterocycles. The third-order valence-corrected chi connectivity index (χ3v) is 5.90. The number of hydrogen-bond donors (Lipinski definition) is 2. The molecule has 0 unspecified atom stereocenters. The molecule has 2 aromatic heterocycles. The number of hydrogen-bond acceptors (Lipinski definition) is 4. The molecule has 2 N–H and O–H groups in total. The molecule has 1 saturated carbocycles. The fourth-order valence-corrected chi connectivity index (χ4v) is 4.29. The van der Waals surface area contributed by atoms with Crippen LogP contribution in [0.2, 0.25) is 0 Å². The van der Waals surface area contributed by atoms with Gasteiger partial charge in [-0.3, -0.25) is 4.79 Å². The molecule has 1 aliphatic rings. The molecule has 2 heterocycles. The standard InChI is InChI=1S/C23H19F3N4O2/c1-11-29-30-19(32-11)10-27-23(31)14-6-13(7-14)20-17-8-16(25)9-18(26)22(17)28-21(20)12-2-4-15(24)5-3-12/h2-5,8-9,13-14,28H,6-7,10H2,1H3,(H,27,31)/t13-,14-. The van der Waals surface area contributed by atoms with Crippen LogP contribution in [0.5, 0.6) is 0 Å². The van der Waals surface area contributed by atoms with Crippen molar-refractivity contribution < 1.29 is 22.4 Å². The number of rotatable bonds is 5. The maximum absolute atomic E-state index is 14.5. The van der Waals surface area contributed by atoms with Crippen LogP contribution in [0.1, 0.15) is 36.1 Å². The van der Waals surface area contributed by atoms with Crippen LogP contribution in [0.3, 0.4) is 0 Å². The number of halogens is 3. The van der Waals surface area contributed by atoms with E-state index < -0.39 is 11.6 Å². The van der Waals surface area contributed by atoms with E-state index in [1.165, 1.54) is 18.2 Å². The van der Waals surface area contributed by atoms with Gasteiger partial charge in [-0.25, -0.2) is 13.2 Å². The van der Waals surface area contributed by atoms with Gasteiger partial charge in [-0.2, -0.15) is 0 Å². The Morgan fingerprint density at radius 2 is 1.88 bits per heavy atom. The Kier molecular flexibility index (Phi) is 4.96. The summed E-state index contributed by atoms with van der Waals surface area (Å²) in [5.41, 5.74) is 2.20. The lowest BCUT2D eigenvalue weighted by molar-refractivity contribution is -0.128. The molecule has 1 fully saturated rings. The van der Waals surface area contributed by atoms with Gasteiger partial charge < -0.3 is 14.7 Å². The maximum atomic E-state index is 14.5. The summed E-state index contributed by atoms with van der Waals surface area (Å²) in [6.07, 6.45) is 1.04. The zero-order chi connectivity index (χ0) is 22.4. The van der Waals surface area contributed by atoms with E-state index >= 15 is 0 Å². The molecule has 0 saturated heterocycles. The number of benzene rings is 2. The lowest BCUT2D eigenvalue weighted by Gasteiger charge is -2.35. The molecule has 0 atom stereocenters. The highest BCUT2D eigenvalue weighted by atomic mass is 19.1. The molecule has 1 amide bonds. The number of aryl methyl sites for hydroxylation is 1. The first-order chi connectivity index (χ1) is 15.4. The summed E-state index contributed by atoms with van der Waals surface area (Å²) in [6, 6.07) is 7.94. The summed E-state index contributed by atoms with van der Waals surface area (Å²) < 4.78 is 47.1. The van der Waals surface area contributed by atoms with E-state index in [2.05, 4.69) is 20.5 Å². The third-order valence-electron chi connectivity index (χ3n) is 5.90. The highest BCUT2D eigenvalue weighted by Gasteiger charge is 2.38. The fraction of sp³-hybridized carbons (Fsp3) is 0.261. The first-order valence-electron chi connectivity index (χ1n) is 10.2. The van der Waals surface area contributed by atoms with E-state index in [9.17, 15) is 18.0 Å². The number of fused-ring (bicyclic) bond motifs is 1. The summed E-state index contributed by atoms with van der Waals surface area (Å²) in [7, 11) is 0. The Labute approximate surface area is 180 Å². The predicted octanol–water partition coefficient (Wildman–Crippen LogP) is 4.75. The smallest absolute Gasteiger partial charge is 0.235 e. The van der Waals surface area contributed by atoms with Crippen molar-refractivity contribution in [3.05, 3.63) is 71.2 Å². The van der Waals surface area contributed by atoms with Crippen molar-refractivity contribution in [3.63, 3.8) is 0 Å². The van der Waals surface area contributed by atoms with Gasteiger partial charge in [-0.05, 0) is 60.2 Å². The monoisotopic (exact) mass is 440 g/mol. The Hall–Kier alpha value is -3.62. The first-order valence-corrected chi connectivity index (χ1v) is 10.2. The van der Waals surface area contributed by atoms with Gasteiger partial charge in [-0.15, -0.1) is 10.2 Å². The minimum Gasteiger partial charge on any atom is -0.424 e. The molecule has 9 heteroatoms. The largest absolute Gasteiger partial charge is 0.424 e. The quantitative estimate of drug-likeness (QED) is 0.469. The zero-order valence-corrected chi connectivity index (χ0v) is 17.1. The molecule has 0 spiro atoms.